The van der Waals surface area contributed by atoms with Gasteiger partial charge in [-0.15, -0.1) is 0 Å². The molecule has 3 aromatic carbocycles. The van der Waals surface area contributed by atoms with Crippen LogP contribution in [0, 0.1) is 5.92 Å². The van der Waals surface area contributed by atoms with Crippen LogP contribution in [0.5, 0.6) is 5.75 Å². The molecule has 190 valence electrons. The van der Waals surface area contributed by atoms with Crippen molar-refractivity contribution in [3.05, 3.63) is 95.1 Å². The van der Waals surface area contributed by atoms with E-state index in [1.165, 1.54) is 12.1 Å². The van der Waals surface area contributed by atoms with Gasteiger partial charge in [-0.1, -0.05) is 42.5 Å². The molecule has 7 heteroatoms. The summed E-state index contributed by atoms with van der Waals surface area (Å²) in [6, 6.07) is 21.0. The van der Waals surface area contributed by atoms with Crippen molar-refractivity contribution in [2.75, 3.05) is 39.2 Å². The summed E-state index contributed by atoms with van der Waals surface area (Å²) in [6.07, 6.45) is -3.64. The van der Waals surface area contributed by atoms with E-state index >= 15 is 0 Å². The third kappa shape index (κ3) is 5.73. The minimum atomic E-state index is -4.46. The first kappa shape index (κ1) is 25.8. The molecule has 2 atom stereocenters. The number of anilines is 1. The highest BCUT2D eigenvalue weighted by molar-refractivity contribution is 5.97. The van der Waals surface area contributed by atoms with Crippen molar-refractivity contribution >= 4 is 11.6 Å². The minimum absolute atomic E-state index is 0.0694. The number of amides is 1. The molecule has 4 rings (SSSR count). The van der Waals surface area contributed by atoms with Crippen LogP contribution in [0.15, 0.2) is 72.8 Å². The Kier molecular flexibility index (Phi) is 7.69. The topological polar surface area (TPSA) is 32.8 Å². The molecule has 0 N–H and O–H groups in total. The van der Waals surface area contributed by atoms with Crippen molar-refractivity contribution in [2.45, 2.75) is 24.9 Å². The number of likely N-dealkylation sites (N-methyl/N-ethyl adjacent to an activating group) is 1. The van der Waals surface area contributed by atoms with Crippen LogP contribution in [0.1, 0.15) is 28.2 Å². The van der Waals surface area contributed by atoms with E-state index in [-0.39, 0.29) is 11.8 Å². The van der Waals surface area contributed by atoms with Gasteiger partial charge in [0.2, 0.25) is 5.91 Å². The number of alkyl halides is 3. The number of benzene rings is 3. The van der Waals surface area contributed by atoms with E-state index in [4.69, 9.17) is 4.74 Å². The zero-order valence-corrected chi connectivity index (χ0v) is 20.8. The minimum Gasteiger partial charge on any atom is -0.497 e. The lowest BCUT2D eigenvalue weighted by molar-refractivity contribution is -0.137. The van der Waals surface area contributed by atoms with Gasteiger partial charge in [0, 0.05) is 24.7 Å². The number of hydrogen-bond acceptors (Lipinski definition) is 3. The molecule has 2 unspecified atom stereocenters. The number of halogens is 3. The summed E-state index contributed by atoms with van der Waals surface area (Å²) in [6.45, 7) is 0.988. The second-order valence-corrected chi connectivity index (χ2v) is 9.51. The number of methoxy groups -OCH3 is 1. The van der Waals surface area contributed by atoms with Crippen molar-refractivity contribution in [3.63, 3.8) is 0 Å². The van der Waals surface area contributed by atoms with Crippen LogP contribution in [0.3, 0.4) is 0 Å². The quantitative estimate of drug-likeness (QED) is 0.414. The van der Waals surface area contributed by atoms with Gasteiger partial charge in [-0.2, -0.15) is 13.2 Å². The van der Waals surface area contributed by atoms with Crippen molar-refractivity contribution in [3.8, 4) is 5.75 Å². The fraction of sp³-hybridized carbons (Fsp3) is 0.345. The van der Waals surface area contributed by atoms with Crippen molar-refractivity contribution in [1.82, 2.24) is 4.90 Å². The van der Waals surface area contributed by atoms with Crippen LogP contribution in [0.2, 0.25) is 0 Å². The van der Waals surface area contributed by atoms with E-state index in [0.29, 0.717) is 42.9 Å². The summed E-state index contributed by atoms with van der Waals surface area (Å²) < 4.78 is 46.3. The molecule has 0 saturated heterocycles. The highest BCUT2D eigenvalue weighted by Crippen LogP contribution is 2.42. The first-order valence-corrected chi connectivity index (χ1v) is 12.0. The Morgan fingerprint density at radius 1 is 1.00 bits per heavy atom. The Morgan fingerprint density at radius 3 is 2.31 bits per heavy atom. The standard InChI is InChI=1S/C29H31F3N2O2/c1-33(2)15-16-34-27-14-11-23(29(30,31)32)18-22(27)19-25(21-9-12-24(36-3)13-10-21)26(28(34)35)17-20-7-5-4-6-8-20/h4-14,18,25-26H,15-17,19H2,1-3H3. The molecule has 1 heterocycles. The van der Waals surface area contributed by atoms with Crippen molar-refractivity contribution in [2.24, 2.45) is 5.92 Å². The molecule has 3 aromatic rings. The first-order chi connectivity index (χ1) is 17.2. The lowest BCUT2D eigenvalue weighted by Crippen LogP contribution is -2.41. The highest BCUT2D eigenvalue weighted by Gasteiger charge is 2.39. The first-order valence-electron chi connectivity index (χ1n) is 12.0. The van der Waals surface area contributed by atoms with Gasteiger partial charge >= 0.3 is 6.18 Å². The molecule has 36 heavy (non-hydrogen) atoms. The summed E-state index contributed by atoms with van der Waals surface area (Å²) in [5.74, 6) is -0.120. The summed E-state index contributed by atoms with van der Waals surface area (Å²) in [4.78, 5) is 17.8. The maximum Gasteiger partial charge on any atom is 0.416 e. The van der Waals surface area contributed by atoms with Crippen LogP contribution < -0.4 is 9.64 Å². The molecular weight excluding hydrogens is 465 g/mol. The third-order valence-electron chi connectivity index (χ3n) is 6.82. The predicted molar refractivity (Wildman–Crippen MR) is 135 cm³/mol. The van der Waals surface area contributed by atoms with E-state index < -0.39 is 17.7 Å². The van der Waals surface area contributed by atoms with E-state index in [2.05, 4.69) is 0 Å². The molecule has 1 aliphatic heterocycles. The third-order valence-corrected chi connectivity index (χ3v) is 6.82. The molecule has 0 spiro atoms. The predicted octanol–water partition coefficient (Wildman–Crippen LogP) is 5.81. The Bertz CT molecular complexity index is 1180. The Balaban J connectivity index is 1.84. The molecule has 0 aromatic heterocycles. The summed E-state index contributed by atoms with van der Waals surface area (Å²) in [5.41, 5.74) is 2.32. The van der Waals surface area contributed by atoms with E-state index in [1.807, 2.05) is 73.6 Å². The van der Waals surface area contributed by atoms with Gasteiger partial charge in [-0.3, -0.25) is 4.79 Å². The zero-order valence-electron chi connectivity index (χ0n) is 20.8. The number of rotatable bonds is 7. The molecule has 4 nitrogen and oxygen atoms in total. The lowest BCUT2D eigenvalue weighted by Gasteiger charge is -2.30. The highest BCUT2D eigenvalue weighted by atomic mass is 19.4. The number of carbonyl (C=O) groups excluding carboxylic acids is 1. The Hall–Kier alpha value is -3.32. The molecule has 1 aliphatic rings. The Morgan fingerprint density at radius 2 is 1.69 bits per heavy atom. The van der Waals surface area contributed by atoms with Crippen LogP contribution >= 0.6 is 0 Å². The average molecular weight is 497 g/mol. The van der Waals surface area contributed by atoms with Crippen LogP contribution in [0.25, 0.3) is 0 Å². The largest absolute Gasteiger partial charge is 0.497 e. The van der Waals surface area contributed by atoms with E-state index in [9.17, 15) is 18.0 Å². The van der Waals surface area contributed by atoms with Gasteiger partial charge in [0.1, 0.15) is 5.75 Å². The van der Waals surface area contributed by atoms with Gasteiger partial charge in [-0.25, -0.2) is 0 Å². The normalized spacial score (nSPS) is 18.2. The van der Waals surface area contributed by atoms with Gasteiger partial charge in [0.15, 0.2) is 0 Å². The van der Waals surface area contributed by atoms with Crippen LogP contribution in [0.4, 0.5) is 18.9 Å². The number of carbonyl (C=O) groups is 1. The molecule has 0 fully saturated rings. The zero-order chi connectivity index (χ0) is 25.9. The monoisotopic (exact) mass is 496 g/mol. The van der Waals surface area contributed by atoms with Gasteiger partial charge < -0.3 is 14.5 Å². The smallest absolute Gasteiger partial charge is 0.416 e. The summed E-state index contributed by atoms with van der Waals surface area (Å²) >= 11 is 0. The second kappa shape index (κ2) is 10.7. The summed E-state index contributed by atoms with van der Waals surface area (Å²) in [7, 11) is 5.41. The number of fused-ring (bicyclic) bond motifs is 1. The number of hydrogen-bond donors (Lipinski definition) is 0. The molecule has 0 saturated carbocycles. The lowest BCUT2D eigenvalue weighted by atomic mass is 9.78. The van der Waals surface area contributed by atoms with E-state index in [0.717, 1.165) is 17.2 Å². The number of ether oxygens (including phenoxy) is 1. The summed E-state index contributed by atoms with van der Waals surface area (Å²) in [5, 5.41) is 0. The SMILES string of the molecule is COc1ccc(C2Cc3cc(C(F)(F)F)ccc3N(CCN(C)C)C(=O)C2Cc2ccccc2)cc1. The maximum atomic E-state index is 14.2. The number of nitrogens with zero attached hydrogens (tertiary/aromatic N) is 2. The molecular formula is C29H31F3N2O2. The molecule has 0 aliphatic carbocycles. The van der Waals surface area contributed by atoms with Gasteiger partial charge in [-0.05, 0) is 79.9 Å². The van der Waals surface area contributed by atoms with Crippen molar-refractivity contribution in [1.29, 1.82) is 0 Å². The van der Waals surface area contributed by atoms with Crippen LogP contribution in [-0.2, 0) is 23.8 Å². The molecule has 0 bridgehead atoms. The van der Waals surface area contributed by atoms with Gasteiger partial charge in [0.25, 0.3) is 0 Å². The molecule has 1 amide bonds. The van der Waals surface area contributed by atoms with Gasteiger partial charge in [0.05, 0.1) is 12.7 Å². The fourth-order valence-corrected chi connectivity index (χ4v) is 4.89. The van der Waals surface area contributed by atoms with E-state index in [1.54, 1.807) is 12.0 Å². The van der Waals surface area contributed by atoms with Crippen molar-refractivity contribution < 1.29 is 22.7 Å². The molecule has 0 radical (unpaired) electrons. The second-order valence-electron chi connectivity index (χ2n) is 9.51. The average Bonchev–Trinajstić information content (AvgIpc) is 2.97. The maximum absolute atomic E-state index is 14.2. The fourth-order valence-electron chi connectivity index (χ4n) is 4.89. The van der Waals surface area contributed by atoms with Crippen LogP contribution in [-0.4, -0.2) is 45.1 Å². The Labute approximate surface area is 210 Å².